The van der Waals surface area contributed by atoms with Crippen molar-refractivity contribution in [2.24, 2.45) is 0 Å². The van der Waals surface area contributed by atoms with Gasteiger partial charge >= 0.3 is 0 Å². The average molecular weight is 707 g/mol. The molecule has 1 fully saturated rings. The van der Waals surface area contributed by atoms with E-state index in [1.54, 1.807) is 12.3 Å². The zero-order chi connectivity index (χ0) is 39.6. The van der Waals surface area contributed by atoms with Crippen LogP contribution in [0, 0.1) is 0 Å². The molecule has 0 saturated heterocycles. The predicted molar refractivity (Wildman–Crippen MR) is 223 cm³/mol. The second-order valence-electron chi connectivity index (χ2n) is 14.2. The van der Waals surface area contributed by atoms with Crippen molar-refractivity contribution in [1.82, 2.24) is 9.55 Å². The Kier molecular flexibility index (Phi) is 6.93. The van der Waals surface area contributed by atoms with Gasteiger partial charge in [-0.1, -0.05) is 110 Å². The molecule has 0 N–H and O–H groups in total. The van der Waals surface area contributed by atoms with E-state index in [0.29, 0.717) is 41.5 Å². The quantitative estimate of drug-likeness (QED) is 0.165. The standard InChI is InChI=1S/C49H42N4O/c1-51-34-52(46-22-12-11-21-45(46)51)39-29-36(35-15-5-2-6-16-35)30-41(32-39)54-40-23-24-43-42-19-9-10-20-44(42)53(47(43)33-40)48-31-38(25-28-50-48)49(26-13-4-14-27-49)37-17-7-3-8-18-37/h2-3,5-12,15-25,28-33H,4,13-14,26-27,34H2,1H3/i26D2,27D2. The van der Waals surface area contributed by atoms with Crippen LogP contribution in [0.25, 0.3) is 38.8 Å². The largest absolute Gasteiger partial charge is 0.457 e. The Morgan fingerprint density at radius 3 is 2.15 bits per heavy atom. The number of benzene rings is 6. The molecule has 6 aromatic carbocycles. The Morgan fingerprint density at radius 2 is 1.31 bits per heavy atom. The summed E-state index contributed by atoms with van der Waals surface area (Å²) in [5, 5.41) is 2.06. The van der Waals surface area contributed by atoms with E-state index in [-0.39, 0.29) is 12.8 Å². The van der Waals surface area contributed by atoms with Crippen LogP contribution in [0.4, 0.5) is 17.1 Å². The van der Waals surface area contributed by atoms with Crippen molar-refractivity contribution in [2.45, 2.75) is 37.4 Å². The minimum absolute atomic E-state index is 0.253. The molecule has 54 heavy (non-hydrogen) atoms. The molecule has 8 aromatic rings. The molecule has 3 heterocycles. The summed E-state index contributed by atoms with van der Waals surface area (Å²) in [7, 11) is 2.11. The molecule has 0 spiro atoms. The second kappa shape index (κ2) is 13.3. The van der Waals surface area contributed by atoms with Gasteiger partial charge in [0, 0.05) is 52.7 Å². The fourth-order valence-electron chi connectivity index (χ4n) is 8.33. The van der Waals surface area contributed by atoms with Crippen LogP contribution in [0.5, 0.6) is 11.5 Å². The fourth-order valence-corrected chi connectivity index (χ4v) is 8.33. The molecule has 0 atom stereocenters. The Morgan fingerprint density at radius 1 is 0.593 bits per heavy atom. The van der Waals surface area contributed by atoms with Crippen LogP contribution in [-0.4, -0.2) is 23.3 Å². The van der Waals surface area contributed by atoms with Gasteiger partial charge in [0.1, 0.15) is 17.3 Å². The minimum Gasteiger partial charge on any atom is -0.457 e. The number of fused-ring (bicyclic) bond motifs is 4. The first-order valence-electron chi connectivity index (χ1n) is 20.7. The summed E-state index contributed by atoms with van der Waals surface area (Å²) in [6, 6.07) is 52.6. The molecule has 0 radical (unpaired) electrons. The first-order chi connectivity index (χ1) is 28.1. The van der Waals surface area contributed by atoms with Gasteiger partial charge in [0.05, 0.1) is 29.1 Å². The summed E-state index contributed by atoms with van der Waals surface area (Å²) in [5.41, 5.74) is 6.94. The van der Waals surface area contributed by atoms with E-state index >= 15 is 0 Å². The number of ether oxygens (including phenoxy) is 1. The van der Waals surface area contributed by atoms with E-state index in [0.717, 1.165) is 44.3 Å². The third kappa shape index (κ3) is 5.50. The highest BCUT2D eigenvalue weighted by Crippen LogP contribution is 2.46. The van der Waals surface area contributed by atoms with Crippen molar-refractivity contribution in [3.05, 3.63) is 175 Å². The Balaban J connectivity index is 1.12. The van der Waals surface area contributed by atoms with E-state index in [2.05, 4.69) is 106 Å². The van der Waals surface area contributed by atoms with Crippen molar-refractivity contribution in [1.29, 1.82) is 0 Å². The third-order valence-corrected chi connectivity index (χ3v) is 10.9. The van der Waals surface area contributed by atoms with Crippen molar-refractivity contribution in [3.8, 4) is 28.4 Å². The smallest absolute Gasteiger partial charge is 0.137 e. The molecule has 5 nitrogen and oxygen atoms in total. The van der Waals surface area contributed by atoms with Crippen LogP contribution >= 0.6 is 0 Å². The number of aromatic nitrogens is 2. The number of rotatable bonds is 7. The lowest BCUT2D eigenvalue weighted by Crippen LogP contribution is -2.30. The van der Waals surface area contributed by atoms with Crippen LogP contribution < -0.4 is 14.5 Å². The molecular weight excluding hydrogens is 661 g/mol. The van der Waals surface area contributed by atoms with Crippen molar-refractivity contribution in [3.63, 3.8) is 0 Å². The van der Waals surface area contributed by atoms with Crippen LogP contribution in [0.3, 0.4) is 0 Å². The first-order valence-corrected chi connectivity index (χ1v) is 18.7. The summed E-state index contributed by atoms with van der Waals surface area (Å²) in [4.78, 5) is 9.47. The molecule has 1 aliphatic heterocycles. The number of anilines is 3. The van der Waals surface area contributed by atoms with Gasteiger partial charge in [0.2, 0.25) is 0 Å². The lowest BCUT2D eigenvalue weighted by molar-refractivity contribution is 0.345. The van der Waals surface area contributed by atoms with Crippen LogP contribution in [-0.2, 0) is 5.41 Å². The SMILES string of the molecule is [2H]C1([2H])CCCC([2H])([2H])C1(c1ccccc1)c1ccnc(-n2c3ccccc3c3ccc(Oc4cc(-c5ccccc5)cc(N5CN(C)c6ccccc65)c4)cc32)c1. The number of nitrogens with zero attached hydrogens (tertiary/aromatic N) is 4. The summed E-state index contributed by atoms with van der Waals surface area (Å²) in [6.07, 6.45) is -1.05. The molecule has 0 amide bonds. The Bertz CT molecular complexity index is 2810. The molecule has 0 unspecified atom stereocenters. The van der Waals surface area contributed by atoms with Gasteiger partial charge in [-0.3, -0.25) is 4.57 Å². The van der Waals surface area contributed by atoms with E-state index in [1.165, 1.54) is 5.69 Å². The number of para-hydroxylation sites is 3. The van der Waals surface area contributed by atoms with Crippen LogP contribution in [0.1, 0.15) is 48.6 Å². The van der Waals surface area contributed by atoms with E-state index in [1.807, 2.05) is 66.7 Å². The monoisotopic (exact) mass is 706 g/mol. The Hall–Kier alpha value is -6.33. The molecule has 2 aliphatic rings. The molecule has 264 valence electrons. The van der Waals surface area contributed by atoms with Gasteiger partial charge in [-0.25, -0.2) is 4.98 Å². The van der Waals surface area contributed by atoms with Gasteiger partial charge in [-0.2, -0.15) is 0 Å². The molecule has 1 saturated carbocycles. The highest BCUT2D eigenvalue weighted by molar-refractivity contribution is 6.09. The molecule has 2 aromatic heterocycles. The van der Waals surface area contributed by atoms with Gasteiger partial charge in [0.25, 0.3) is 0 Å². The number of pyridine rings is 1. The summed E-state index contributed by atoms with van der Waals surface area (Å²) in [6.45, 7) is 0.712. The predicted octanol–water partition coefficient (Wildman–Crippen LogP) is 12.4. The highest BCUT2D eigenvalue weighted by atomic mass is 16.5. The van der Waals surface area contributed by atoms with Gasteiger partial charge in [-0.15, -0.1) is 0 Å². The summed E-state index contributed by atoms with van der Waals surface area (Å²) >= 11 is 0. The van der Waals surface area contributed by atoms with Gasteiger partial charge in [-0.05, 0) is 89.6 Å². The molecule has 5 heteroatoms. The van der Waals surface area contributed by atoms with Crippen molar-refractivity contribution < 1.29 is 10.2 Å². The lowest BCUT2D eigenvalue weighted by Gasteiger charge is -2.38. The molecular formula is C49H42N4O. The third-order valence-electron chi connectivity index (χ3n) is 10.9. The normalized spacial score (nSPS) is 18.1. The maximum atomic E-state index is 9.47. The molecule has 1 aliphatic carbocycles. The van der Waals surface area contributed by atoms with E-state index in [9.17, 15) is 5.48 Å². The lowest BCUT2D eigenvalue weighted by atomic mass is 9.65. The second-order valence-corrected chi connectivity index (χ2v) is 14.2. The number of hydrogen-bond donors (Lipinski definition) is 0. The summed E-state index contributed by atoms with van der Waals surface area (Å²) in [5.74, 6) is 1.94. The zero-order valence-corrected chi connectivity index (χ0v) is 30.1. The van der Waals surface area contributed by atoms with E-state index < -0.39 is 18.2 Å². The van der Waals surface area contributed by atoms with Gasteiger partial charge < -0.3 is 14.5 Å². The zero-order valence-electron chi connectivity index (χ0n) is 34.1. The van der Waals surface area contributed by atoms with Crippen LogP contribution in [0.15, 0.2) is 164 Å². The molecule has 10 rings (SSSR count). The maximum absolute atomic E-state index is 9.47. The van der Waals surface area contributed by atoms with Gasteiger partial charge in [0.15, 0.2) is 0 Å². The van der Waals surface area contributed by atoms with Crippen LogP contribution in [0.2, 0.25) is 0 Å². The fraction of sp³-hybridized carbons (Fsp3) is 0.163. The highest BCUT2D eigenvalue weighted by Gasteiger charge is 2.36. The number of hydrogen-bond acceptors (Lipinski definition) is 4. The van der Waals surface area contributed by atoms with Crippen molar-refractivity contribution in [2.75, 3.05) is 23.5 Å². The van der Waals surface area contributed by atoms with E-state index in [4.69, 9.17) is 9.72 Å². The first kappa shape index (κ1) is 28.2. The maximum Gasteiger partial charge on any atom is 0.137 e. The average Bonchev–Trinajstić information content (AvgIpc) is 3.75. The molecule has 0 bridgehead atoms. The topological polar surface area (TPSA) is 33.5 Å². The summed E-state index contributed by atoms with van der Waals surface area (Å²) < 4.78 is 46.8. The van der Waals surface area contributed by atoms with Crippen molar-refractivity contribution >= 4 is 38.9 Å². The Labute approximate surface area is 322 Å². The minimum atomic E-state index is -1.86.